The summed E-state index contributed by atoms with van der Waals surface area (Å²) in [6.07, 6.45) is -0.242. The van der Waals surface area contributed by atoms with Crippen molar-refractivity contribution in [1.29, 1.82) is 0 Å². The van der Waals surface area contributed by atoms with Crippen molar-refractivity contribution in [1.82, 2.24) is 4.90 Å². The third-order valence-electron chi connectivity index (χ3n) is 4.60. The summed E-state index contributed by atoms with van der Waals surface area (Å²) in [5, 5.41) is 2.60. The van der Waals surface area contributed by atoms with Gasteiger partial charge in [-0.15, -0.1) is 0 Å². The summed E-state index contributed by atoms with van der Waals surface area (Å²) in [4.78, 5) is 13.9. The summed E-state index contributed by atoms with van der Waals surface area (Å²) in [5.74, 6) is 0.790. The number of benzene rings is 3. The number of amides is 1. The van der Waals surface area contributed by atoms with E-state index in [0.717, 1.165) is 27.6 Å². The van der Waals surface area contributed by atoms with Gasteiger partial charge < -0.3 is 9.47 Å². The van der Waals surface area contributed by atoms with Crippen LogP contribution in [0.5, 0.6) is 5.75 Å². The molecule has 26 heavy (non-hydrogen) atoms. The largest absolute Gasteiger partial charge is 0.469 e. The molecule has 0 spiro atoms. The molecular weight excluding hydrogens is 350 g/mol. The molecule has 0 radical (unpaired) electrons. The van der Waals surface area contributed by atoms with Crippen molar-refractivity contribution < 1.29 is 14.3 Å². The Balaban J connectivity index is 1.49. The predicted octanol–water partition coefficient (Wildman–Crippen LogP) is 5.02. The van der Waals surface area contributed by atoms with Gasteiger partial charge in [0.15, 0.2) is 6.23 Å². The zero-order valence-electron chi connectivity index (χ0n) is 14.3. The standard InChI is InChI=1S/C21H18ClNO3/c1-23(21(24)25-13-14-7-3-2-4-8-14)19-12-15-11-18(22)16-9-5-6-10-17(16)20(15)26-19/h2-11,19H,12-13H2,1H3. The summed E-state index contributed by atoms with van der Waals surface area (Å²) in [6, 6.07) is 19.4. The first-order valence-electron chi connectivity index (χ1n) is 8.44. The van der Waals surface area contributed by atoms with Crippen LogP contribution < -0.4 is 4.74 Å². The molecule has 3 aromatic rings. The van der Waals surface area contributed by atoms with Crippen LogP contribution in [0.15, 0.2) is 60.7 Å². The quantitative estimate of drug-likeness (QED) is 0.652. The fraction of sp³-hybridized carbons (Fsp3) is 0.190. The van der Waals surface area contributed by atoms with Crippen LogP contribution in [-0.2, 0) is 17.8 Å². The molecule has 132 valence electrons. The van der Waals surface area contributed by atoms with Crippen molar-refractivity contribution >= 4 is 28.5 Å². The first kappa shape index (κ1) is 16.7. The minimum Gasteiger partial charge on any atom is -0.469 e. The van der Waals surface area contributed by atoms with Crippen molar-refractivity contribution in [2.75, 3.05) is 7.05 Å². The van der Waals surface area contributed by atoms with Crippen LogP contribution in [0, 0.1) is 0 Å². The first-order chi connectivity index (χ1) is 12.6. The molecule has 1 amide bonds. The SMILES string of the molecule is CN(C(=O)OCc1ccccc1)C1Cc2cc(Cl)c3ccccc3c2O1. The summed E-state index contributed by atoms with van der Waals surface area (Å²) in [6.45, 7) is 0.235. The third kappa shape index (κ3) is 3.08. The lowest BCUT2D eigenvalue weighted by atomic mass is 10.0. The smallest absolute Gasteiger partial charge is 0.412 e. The first-order valence-corrected chi connectivity index (χ1v) is 8.81. The molecule has 4 rings (SSSR count). The number of rotatable bonds is 3. The minimum atomic E-state index is -0.415. The van der Waals surface area contributed by atoms with E-state index < -0.39 is 12.3 Å². The Morgan fingerprint density at radius 3 is 2.62 bits per heavy atom. The van der Waals surface area contributed by atoms with Crippen LogP contribution in [0.4, 0.5) is 4.79 Å². The molecule has 0 fully saturated rings. The van der Waals surface area contributed by atoms with E-state index >= 15 is 0 Å². The molecule has 0 aromatic heterocycles. The molecule has 0 aliphatic carbocycles. The highest BCUT2D eigenvalue weighted by Gasteiger charge is 2.31. The van der Waals surface area contributed by atoms with E-state index in [2.05, 4.69) is 0 Å². The maximum absolute atomic E-state index is 12.4. The zero-order chi connectivity index (χ0) is 18.1. The number of halogens is 1. The van der Waals surface area contributed by atoms with Gasteiger partial charge in [0, 0.05) is 34.8 Å². The minimum absolute atomic E-state index is 0.235. The number of hydrogen-bond acceptors (Lipinski definition) is 3. The number of hydrogen-bond donors (Lipinski definition) is 0. The van der Waals surface area contributed by atoms with Crippen molar-refractivity contribution in [3.63, 3.8) is 0 Å². The average molecular weight is 368 g/mol. The molecule has 3 aromatic carbocycles. The summed E-state index contributed by atoms with van der Waals surface area (Å²) >= 11 is 6.39. The van der Waals surface area contributed by atoms with Gasteiger partial charge in [-0.2, -0.15) is 0 Å². The Hall–Kier alpha value is -2.72. The molecule has 4 nitrogen and oxygen atoms in total. The van der Waals surface area contributed by atoms with Crippen LogP contribution in [0.25, 0.3) is 10.8 Å². The van der Waals surface area contributed by atoms with Crippen LogP contribution in [0.3, 0.4) is 0 Å². The molecule has 0 saturated heterocycles. The number of likely N-dealkylation sites (N-methyl/N-ethyl adjacent to an activating group) is 1. The second-order valence-corrected chi connectivity index (χ2v) is 6.73. The maximum atomic E-state index is 12.4. The average Bonchev–Trinajstić information content (AvgIpc) is 3.10. The van der Waals surface area contributed by atoms with E-state index in [1.165, 1.54) is 4.90 Å². The maximum Gasteiger partial charge on any atom is 0.412 e. The monoisotopic (exact) mass is 367 g/mol. The van der Waals surface area contributed by atoms with Crippen molar-refractivity contribution in [2.24, 2.45) is 0 Å². The van der Waals surface area contributed by atoms with Gasteiger partial charge in [0.2, 0.25) is 0 Å². The molecule has 1 atom stereocenters. The van der Waals surface area contributed by atoms with Crippen molar-refractivity contribution in [2.45, 2.75) is 19.3 Å². The van der Waals surface area contributed by atoms with Crippen molar-refractivity contribution in [3.05, 3.63) is 76.8 Å². The number of carbonyl (C=O) groups excluding carboxylic acids is 1. The summed E-state index contributed by atoms with van der Waals surface area (Å²) in [5.41, 5.74) is 1.95. The lowest BCUT2D eigenvalue weighted by Crippen LogP contribution is -2.40. The Bertz CT molecular complexity index is 958. The van der Waals surface area contributed by atoms with E-state index in [0.29, 0.717) is 11.4 Å². The molecule has 0 N–H and O–H groups in total. The number of carbonyl (C=O) groups is 1. The normalized spacial score (nSPS) is 15.4. The molecule has 1 aliphatic rings. The zero-order valence-corrected chi connectivity index (χ0v) is 15.1. The Kier molecular flexibility index (Phi) is 4.43. The molecule has 0 bridgehead atoms. The highest BCUT2D eigenvalue weighted by Crippen LogP contribution is 2.40. The van der Waals surface area contributed by atoms with Crippen LogP contribution >= 0.6 is 11.6 Å². The third-order valence-corrected chi connectivity index (χ3v) is 4.91. The topological polar surface area (TPSA) is 38.8 Å². The van der Waals surface area contributed by atoms with Gasteiger partial charge in [0.05, 0.1) is 0 Å². The highest BCUT2D eigenvalue weighted by molar-refractivity contribution is 6.36. The van der Waals surface area contributed by atoms with Gasteiger partial charge in [0.25, 0.3) is 0 Å². The van der Waals surface area contributed by atoms with Crippen LogP contribution in [0.1, 0.15) is 11.1 Å². The van der Waals surface area contributed by atoms with Crippen LogP contribution in [0.2, 0.25) is 5.02 Å². The molecule has 1 heterocycles. The Labute approximate surface area is 156 Å². The van der Waals surface area contributed by atoms with E-state index in [1.54, 1.807) is 7.05 Å². The molecule has 1 aliphatic heterocycles. The van der Waals surface area contributed by atoms with E-state index in [-0.39, 0.29) is 6.61 Å². The summed E-state index contributed by atoms with van der Waals surface area (Å²) in [7, 11) is 1.69. The van der Waals surface area contributed by atoms with Gasteiger partial charge in [-0.05, 0) is 11.6 Å². The number of ether oxygens (including phenoxy) is 2. The van der Waals surface area contributed by atoms with E-state index in [4.69, 9.17) is 21.1 Å². The van der Waals surface area contributed by atoms with Crippen LogP contribution in [-0.4, -0.2) is 24.3 Å². The van der Waals surface area contributed by atoms with Crippen molar-refractivity contribution in [3.8, 4) is 5.75 Å². The number of fused-ring (bicyclic) bond motifs is 3. The summed E-state index contributed by atoms with van der Waals surface area (Å²) < 4.78 is 11.5. The van der Waals surface area contributed by atoms with Gasteiger partial charge in [-0.1, -0.05) is 66.2 Å². The Morgan fingerprint density at radius 2 is 1.85 bits per heavy atom. The van der Waals surface area contributed by atoms with E-state index in [1.807, 2.05) is 60.7 Å². The molecule has 0 saturated carbocycles. The fourth-order valence-corrected chi connectivity index (χ4v) is 3.47. The van der Waals surface area contributed by atoms with Gasteiger partial charge >= 0.3 is 6.09 Å². The molecule has 1 unspecified atom stereocenters. The fourth-order valence-electron chi connectivity index (χ4n) is 3.17. The van der Waals surface area contributed by atoms with Gasteiger partial charge in [0.1, 0.15) is 12.4 Å². The molecular formula is C21H18ClNO3. The van der Waals surface area contributed by atoms with Gasteiger partial charge in [-0.3, -0.25) is 4.90 Å². The second-order valence-electron chi connectivity index (χ2n) is 6.32. The highest BCUT2D eigenvalue weighted by atomic mass is 35.5. The lowest BCUT2D eigenvalue weighted by Gasteiger charge is -2.23. The Morgan fingerprint density at radius 1 is 1.15 bits per heavy atom. The van der Waals surface area contributed by atoms with E-state index in [9.17, 15) is 4.79 Å². The number of nitrogens with zero attached hydrogens (tertiary/aromatic N) is 1. The lowest BCUT2D eigenvalue weighted by molar-refractivity contribution is 0.0379. The second kappa shape index (κ2) is 6.89. The molecule has 5 heteroatoms. The predicted molar refractivity (Wildman–Crippen MR) is 101 cm³/mol. The van der Waals surface area contributed by atoms with Gasteiger partial charge in [-0.25, -0.2) is 4.79 Å².